The molecule has 19 heavy (non-hydrogen) atoms. The van der Waals surface area contributed by atoms with Gasteiger partial charge < -0.3 is 5.32 Å². The molecule has 0 saturated carbocycles. The van der Waals surface area contributed by atoms with Gasteiger partial charge in [0, 0.05) is 18.3 Å². The van der Waals surface area contributed by atoms with Gasteiger partial charge in [-0.25, -0.2) is 4.79 Å². The van der Waals surface area contributed by atoms with Gasteiger partial charge in [0.1, 0.15) is 0 Å². The van der Waals surface area contributed by atoms with Crippen LogP contribution in [0.5, 0.6) is 0 Å². The molecule has 2 N–H and O–H groups in total. The van der Waals surface area contributed by atoms with E-state index < -0.39 is 0 Å². The molecular weight excluding hydrogens is 264 g/mol. The lowest BCUT2D eigenvalue weighted by atomic mass is 10.3. The monoisotopic (exact) mass is 278 g/mol. The first-order valence-electron chi connectivity index (χ1n) is 5.94. The first kappa shape index (κ1) is 13.4. The van der Waals surface area contributed by atoms with Crippen molar-refractivity contribution < 1.29 is 4.79 Å². The van der Waals surface area contributed by atoms with Crippen molar-refractivity contribution in [2.45, 2.75) is 19.9 Å². The molecule has 100 valence electrons. The first-order chi connectivity index (χ1) is 9.06. The molecule has 5 nitrogen and oxygen atoms in total. The molecule has 0 aliphatic rings. The maximum absolute atomic E-state index is 11.8. The Morgan fingerprint density at radius 2 is 2.00 bits per heavy atom. The number of nitrogens with zero attached hydrogens (tertiary/aromatic N) is 2. The highest BCUT2D eigenvalue weighted by molar-refractivity contribution is 6.33. The number of carbonyl (C=O) groups excluding carboxylic acids is 1. The van der Waals surface area contributed by atoms with Gasteiger partial charge in [-0.3, -0.25) is 10.00 Å². The molecule has 1 heterocycles. The molecule has 0 radical (unpaired) electrons. The van der Waals surface area contributed by atoms with Crippen LogP contribution in [0.4, 0.5) is 16.3 Å². The minimum absolute atomic E-state index is 0.252. The van der Waals surface area contributed by atoms with Crippen molar-refractivity contribution in [3.63, 3.8) is 0 Å². The second kappa shape index (κ2) is 5.75. The maximum Gasteiger partial charge on any atom is 0.324 e. The van der Waals surface area contributed by atoms with Gasteiger partial charge in [-0.15, -0.1) is 0 Å². The van der Waals surface area contributed by atoms with E-state index in [0.29, 0.717) is 16.5 Å². The molecule has 2 amide bonds. The van der Waals surface area contributed by atoms with Gasteiger partial charge in [-0.2, -0.15) is 5.10 Å². The summed E-state index contributed by atoms with van der Waals surface area (Å²) in [5.74, 6) is 0.498. The van der Waals surface area contributed by atoms with Crippen LogP contribution in [-0.4, -0.2) is 15.8 Å². The van der Waals surface area contributed by atoms with Gasteiger partial charge in [-0.05, 0) is 26.0 Å². The third kappa shape index (κ3) is 3.48. The van der Waals surface area contributed by atoms with Crippen molar-refractivity contribution in [2.24, 2.45) is 0 Å². The van der Waals surface area contributed by atoms with Crippen molar-refractivity contribution in [2.75, 3.05) is 10.6 Å². The van der Waals surface area contributed by atoms with Crippen LogP contribution in [0.15, 0.2) is 36.5 Å². The predicted octanol–water partition coefficient (Wildman–Crippen LogP) is 3.76. The highest BCUT2D eigenvalue weighted by Crippen LogP contribution is 2.20. The molecule has 2 rings (SSSR count). The van der Waals surface area contributed by atoms with Crippen molar-refractivity contribution >= 4 is 29.1 Å². The Morgan fingerprint density at radius 1 is 1.26 bits per heavy atom. The van der Waals surface area contributed by atoms with Crippen LogP contribution < -0.4 is 10.6 Å². The molecule has 0 atom stereocenters. The summed E-state index contributed by atoms with van der Waals surface area (Å²) in [5.41, 5.74) is 0.560. The third-order valence-corrected chi connectivity index (χ3v) is 2.83. The van der Waals surface area contributed by atoms with Crippen molar-refractivity contribution in [3.8, 4) is 0 Å². The Bertz CT molecular complexity index is 580. The molecule has 0 aliphatic carbocycles. The summed E-state index contributed by atoms with van der Waals surface area (Å²) in [7, 11) is 0. The number of benzene rings is 1. The second-order valence-corrected chi connectivity index (χ2v) is 4.74. The van der Waals surface area contributed by atoms with Crippen molar-refractivity contribution in [1.82, 2.24) is 9.78 Å². The zero-order chi connectivity index (χ0) is 13.8. The van der Waals surface area contributed by atoms with E-state index >= 15 is 0 Å². The summed E-state index contributed by atoms with van der Waals surface area (Å²) >= 11 is 5.95. The number of carbonyl (C=O) groups is 1. The lowest BCUT2D eigenvalue weighted by molar-refractivity contribution is 0.262. The van der Waals surface area contributed by atoms with Crippen LogP contribution in [0.25, 0.3) is 0 Å². The first-order valence-corrected chi connectivity index (χ1v) is 6.32. The number of halogens is 1. The summed E-state index contributed by atoms with van der Waals surface area (Å²) < 4.78 is 1.77. The molecule has 0 bridgehead atoms. The number of rotatable bonds is 3. The molecule has 1 aromatic heterocycles. The number of hydrogen-bond donors (Lipinski definition) is 2. The van der Waals surface area contributed by atoms with Crippen molar-refractivity contribution in [3.05, 3.63) is 41.6 Å². The van der Waals surface area contributed by atoms with Crippen LogP contribution in [-0.2, 0) is 0 Å². The molecule has 2 aromatic rings. The third-order valence-electron chi connectivity index (χ3n) is 2.50. The lowest BCUT2D eigenvalue weighted by Gasteiger charge is -2.07. The highest BCUT2D eigenvalue weighted by Gasteiger charge is 2.08. The minimum Gasteiger partial charge on any atom is -0.306 e. The normalized spacial score (nSPS) is 10.5. The molecule has 0 saturated heterocycles. The number of urea groups is 1. The van der Waals surface area contributed by atoms with E-state index in [2.05, 4.69) is 15.7 Å². The van der Waals surface area contributed by atoms with Crippen LogP contribution in [0, 0.1) is 0 Å². The highest BCUT2D eigenvalue weighted by atomic mass is 35.5. The number of aromatic nitrogens is 2. The molecule has 1 aromatic carbocycles. The van der Waals surface area contributed by atoms with Gasteiger partial charge >= 0.3 is 6.03 Å². The number of anilines is 2. The van der Waals surface area contributed by atoms with Gasteiger partial charge in [0.15, 0.2) is 5.82 Å². The second-order valence-electron chi connectivity index (χ2n) is 4.33. The van der Waals surface area contributed by atoms with Crippen LogP contribution >= 0.6 is 11.6 Å². The summed E-state index contributed by atoms with van der Waals surface area (Å²) in [6, 6.07) is 8.67. The van der Waals surface area contributed by atoms with Gasteiger partial charge in [-0.1, -0.05) is 23.7 Å². The average molecular weight is 279 g/mol. The van der Waals surface area contributed by atoms with Gasteiger partial charge in [0.2, 0.25) is 0 Å². The topological polar surface area (TPSA) is 59.0 Å². The summed E-state index contributed by atoms with van der Waals surface area (Å²) in [4.78, 5) is 11.8. The zero-order valence-electron chi connectivity index (χ0n) is 10.7. The number of nitrogens with one attached hydrogen (secondary N) is 2. The van der Waals surface area contributed by atoms with Crippen LogP contribution in [0.3, 0.4) is 0 Å². The van der Waals surface area contributed by atoms with E-state index in [1.807, 2.05) is 20.0 Å². The predicted molar refractivity (Wildman–Crippen MR) is 76.7 cm³/mol. The Kier molecular flexibility index (Phi) is 4.06. The van der Waals surface area contributed by atoms with E-state index in [-0.39, 0.29) is 12.1 Å². The Balaban J connectivity index is 1.99. The maximum atomic E-state index is 11.8. The van der Waals surface area contributed by atoms with E-state index in [4.69, 9.17) is 11.6 Å². The zero-order valence-corrected chi connectivity index (χ0v) is 11.5. The molecule has 0 spiro atoms. The Hall–Kier alpha value is -2.01. The van der Waals surface area contributed by atoms with Crippen LogP contribution in [0.1, 0.15) is 19.9 Å². The quantitative estimate of drug-likeness (QED) is 0.898. The number of amides is 2. The SMILES string of the molecule is CC(C)n1ccc(NC(=O)Nc2ccccc2Cl)n1. The van der Waals surface area contributed by atoms with E-state index in [1.54, 1.807) is 35.0 Å². The molecular formula is C13H15ClN4O. The molecule has 0 aliphatic heterocycles. The molecule has 0 unspecified atom stereocenters. The fraction of sp³-hybridized carbons (Fsp3) is 0.231. The van der Waals surface area contributed by atoms with Crippen molar-refractivity contribution in [1.29, 1.82) is 0 Å². The Labute approximate surface area is 116 Å². The minimum atomic E-state index is -0.373. The summed E-state index contributed by atoms with van der Waals surface area (Å²) in [6.07, 6.45) is 1.82. The standard InChI is InChI=1S/C13H15ClN4O/c1-9(2)18-8-7-12(17-18)16-13(19)15-11-6-4-3-5-10(11)14/h3-9H,1-2H3,(H2,15,16,17,19). The van der Waals surface area contributed by atoms with Crippen LogP contribution in [0.2, 0.25) is 5.02 Å². The smallest absolute Gasteiger partial charge is 0.306 e. The fourth-order valence-electron chi connectivity index (χ4n) is 1.52. The van der Waals surface area contributed by atoms with E-state index in [1.165, 1.54) is 0 Å². The molecule has 6 heteroatoms. The van der Waals surface area contributed by atoms with E-state index in [9.17, 15) is 4.79 Å². The molecule has 0 fully saturated rings. The number of para-hydroxylation sites is 1. The largest absolute Gasteiger partial charge is 0.324 e. The van der Waals surface area contributed by atoms with Gasteiger partial charge in [0.25, 0.3) is 0 Å². The van der Waals surface area contributed by atoms with E-state index in [0.717, 1.165) is 0 Å². The average Bonchev–Trinajstić information content (AvgIpc) is 2.80. The number of hydrogen-bond acceptors (Lipinski definition) is 2. The Morgan fingerprint density at radius 3 is 2.63 bits per heavy atom. The lowest BCUT2D eigenvalue weighted by Crippen LogP contribution is -2.20. The van der Waals surface area contributed by atoms with Gasteiger partial charge in [0.05, 0.1) is 10.7 Å². The fourth-order valence-corrected chi connectivity index (χ4v) is 1.71. The summed E-state index contributed by atoms with van der Waals surface area (Å²) in [5, 5.41) is 10.0. The summed E-state index contributed by atoms with van der Waals surface area (Å²) in [6.45, 7) is 4.03.